The number of carbonyl (C=O) groups excluding carboxylic acids is 2. The van der Waals surface area contributed by atoms with Gasteiger partial charge in [-0.25, -0.2) is 5.43 Å². The second-order valence-corrected chi connectivity index (χ2v) is 7.76. The number of hydrazone groups is 1. The molecule has 3 rings (SSSR count). The average molecular weight is 470 g/mol. The lowest BCUT2D eigenvalue weighted by Crippen LogP contribution is -2.20. The Morgan fingerprint density at radius 2 is 1.75 bits per heavy atom. The number of nitrogens with zero attached hydrogens (tertiary/aromatic N) is 1. The van der Waals surface area contributed by atoms with E-state index in [1.165, 1.54) is 6.07 Å². The lowest BCUT2D eigenvalue weighted by molar-refractivity contribution is -0.115. The van der Waals surface area contributed by atoms with Crippen molar-refractivity contribution in [1.82, 2.24) is 5.43 Å². The Labute approximate surface area is 196 Å². The molecule has 0 bridgehead atoms. The van der Waals surface area contributed by atoms with Gasteiger partial charge in [-0.2, -0.15) is 5.10 Å². The molecular weight excluding hydrogens is 449 g/mol. The van der Waals surface area contributed by atoms with Crippen LogP contribution < -0.4 is 15.5 Å². The molecule has 0 atom stereocenters. The SMILES string of the molecule is COc1ccc(CC(=O)Nc2cccc(/C(C)=N\NC(=O)c3cc(Cl)ccc3Cl)c2)cc1. The number of halogens is 2. The third kappa shape index (κ3) is 6.33. The van der Waals surface area contributed by atoms with Gasteiger partial charge in [0, 0.05) is 10.7 Å². The monoisotopic (exact) mass is 469 g/mol. The standard InChI is InChI=1S/C24H21Cl2N3O3/c1-15(28-29-24(31)21-14-18(25)8-11-22(21)26)17-4-3-5-19(13-17)27-23(30)12-16-6-9-20(32-2)10-7-16/h3-11,13-14H,12H2,1-2H3,(H,27,30)(H,29,31)/b28-15-. The number of rotatable bonds is 7. The summed E-state index contributed by atoms with van der Waals surface area (Å²) >= 11 is 12.0. The molecule has 0 saturated carbocycles. The molecule has 0 saturated heterocycles. The van der Waals surface area contributed by atoms with Gasteiger partial charge in [0.05, 0.1) is 29.8 Å². The molecule has 8 heteroatoms. The van der Waals surface area contributed by atoms with Crippen molar-refractivity contribution >= 4 is 46.4 Å². The van der Waals surface area contributed by atoms with E-state index in [0.29, 0.717) is 16.4 Å². The second kappa shape index (κ2) is 10.8. The first-order valence-electron chi connectivity index (χ1n) is 9.68. The van der Waals surface area contributed by atoms with Gasteiger partial charge in [0.25, 0.3) is 5.91 Å². The van der Waals surface area contributed by atoms with Crippen LogP contribution in [0.25, 0.3) is 0 Å². The first kappa shape index (κ1) is 23.3. The van der Waals surface area contributed by atoms with Crippen molar-refractivity contribution in [1.29, 1.82) is 0 Å². The molecule has 0 spiro atoms. The highest BCUT2D eigenvalue weighted by Gasteiger charge is 2.11. The third-order valence-corrected chi connectivity index (χ3v) is 5.15. The minimum absolute atomic E-state index is 0.147. The van der Waals surface area contributed by atoms with E-state index < -0.39 is 5.91 Å². The minimum Gasteiger partial charge on any atom is -0.497 e. The van der Waals surface area contributed by atoms with Gasteiger partial charge in [-0.1, -0.05) is 47.5 Å². The maximum atomic E-state index is 12.4. The summed E-state index contributed by atoms with van der Waals surface area (Å²) in [4.78, 5) is 24.7. The summed E-state index contributed by atoms with van der Waals surface area (Å²) < 4.78 is 5.13. The largest absolute Gasteiger partial charge is 0.497 e. The molecule has 3 aromatic carbocycles. The molecule has 0 aliphatic carbocycles. The van der Waals surface area contributed by atoms with E-state index in [9.17, 15) is 9.59 Å². The summed E-state index contributed by atoms with van der Waals surface area (Å²) in [6.45, 7) is 1.75. The van der Waals surface area contributed by atoms with Crippen LogP contribution in [-0.2, 0) is 11.2 Å². The molecule has 0 aromatic heterocycles. The van der Waals surface area contributed by atoms with Crippen molar-refractivity contribution in [3.8, 4) is 5.75 Å². The van der Waals surface area contributed by atoms with Crippen LogP contribution in [0.1, 0.15) is 28.4 Å². The van der Waals surface area contributed by atoms with Gasteiger partial charge in [0.2, 0.25) is 5.91 Å². The highest BCUT2D eigenvalue weighted by Crippen LogP contribution is 2.20. The zero-order valence-corrected chi connectivity index (χ0v) is 19.0. The van der Waals surface area contributed by atoms with Crippen molar-refractivity contribution in [2.75, 3.05) is 12.4 Å². The normalized spacial score (nSPS) is 11.1. The molecule has 0 unspecified atom stereocenters. The lowest BCUT2D eigenvalue weighted by atomic mass is 10.1. The van der Waals surface area contributed by atoms with Crippen molar-refractivity contribution in [3.63, 3.8) is 0 Å². The summed E-state index contributed by atoms with van der Waals surface area (Å²) in [6.07, 6.45) is 0.234. The second-order valence-electron chi connectivity index (χ2n) is 6.92. The van der Waals surface area contributed by atoms with Gasteiger partial charge in [-0.05, 0) is 60.5 Å². The quantitative estimate of drug-likeness (QED) is 0.362. The predicted molar refractivity (Wildman–Crippen MR) is 128 cm³/mol. The number of methoxy groups -OCH3 is 1. The van der Waals surface area contributed by atoms with E-state index in [2.05, 4.69) is 15.8 Å². The summed E-state index contributed by atoms with van der Waals surface area (Å²) in [5.41, 5.74) is 5.51. The molecule has 3 aromatic rings. The fraction of sp³-hybridized carbons (Fsp3) is 0.125. The highest BCUT2D eigenvalue weighted by molar-refractivity contribution is 6.35. The van der Waals surface area contributed by atoms with Gasteiger partial charge in [-0.3, -0.25) is 9.59 Å². The highest BCUT2D eigenvalue weighted by atomic mass is 35.5. The molecule has 0 fully saturated rings. The fourth-order valence-corrected chi connectivity index (χ4v) is 3.26. The van der Waals surface area contributed by atoms with Crippen molar-refractivity contribution in [2.45, 2.75) is 13.3 Å². The summed E-state index contributed by atoms with van der Waals surface area (Å²) in [7, 11) is 1.60. The molecule has 2 amide bonds. The van der Waals surface area contributed by atoms with Gasteiger partial charge in [-0.15, -0.1) is 0 Å². The Balaban J connectivity index is 1.64. The minimum atomic E-state index is -0.471. The van der Waals surface area contributed by atoms with Crippen molar-refractivity contribution in [2.24, 2.45) is 5.10 Å². The zero-order valence-electron chi connectivity index (χ0n) is 17.5. The number of hydrogen-bond donors (Lipinski definition) is 2. The molecular formula is C24H21Cl2N3O3. The molecule has 0 radical (unpaired) electrons. The number of anilines is 1. The van der Waals surface area contributed by atoms with Crippen LogP contribution in [-0.4, -0.2) is 24.6 Å². The first-order chi connectivity index (χ1) is 15.4. The topological polar surface area (TPSA) is 79.8 Å². The van der Waals surface area contributed by atoms with E-state index in [1.807, 2.05) is 30.3 Å². The van der Waals surface area contributed by atoms with Crippen LogP contribution >= 0.6 is 23.2 Å². The Kier molecular flexibility index (Phi) is 7.87. The summed E-state index contributed by atoms with van der Waals surface area (Å²) in [5.74, 6) is 0.118. The Morgan fingerprint density at radius 3 is 2.47 bits per heavy atom. The zero-order chi connectivity index (χ0) is 23.1. The molecule has 164 valence electrons. The van der Waals surface area contributed by atoms with Crippen LogP contribution in [0.3, 0.4) is 0 Å². The Bertz CT molecular complexity index is 1160. The third-order valence-electron chi connectivity index (χ3n) is 4.59. The van der Waals surface area contributed by atoms with Crippen LogP contribution in [0.15, 0.2) is 71.8 Å². The van der Waals surface area contributed by atoms with Gasteiger partial charge in [0.1, 0.15) is 5.75 Å². The van der Waals surface area contributed by atoms with Gasteiger partial charge in [0.15, 0.2) is 0 Å². The Hall–Kier alpha value is -3.35. The number of benzene rings is 3. The maximum Gasteiger partial charge on any atom is 0.272 e. The van der Waals surface area contributed by atoms with Gasteiger partial charge >= 0.3 is 0 Å². The van der Waals surface area contributed by atoms with Crippen molar-refractivity contribution < 1.29 is 14.3 Å². The molecule has 0 heterocycles. The molecule has 2 N–H and O–H groups in total. The van der Waals surface area contributed by atoms with E-state index >= 15 is 0 Å². The van der Waals surface area contributed by atoms with Crippen LogP contribution in [0, 0.1) is 0 Å². The van der Waals surface area contributed by atoms with Crippen LogP contribution in [0.5, 0.6) is 5.75 Å². The molecule has 32 heavy (non-hydrogen) atoms. The fourth-order valence-electron chi connectivity index (χ4n) is 2.89. The summed E-state index contributed by atoms with van der Waals surface area (Å²) in [5, 5.41) is 7.69. The number of hydrogen-bond acceptors (Lipinski definition) is 4. The van der Waals surface area contributed by atoms with Crippen molar-refractivity contribution in [3.05, 3.63) is 93.5 Å². The number of nitrogens with one attached hydrogen (secondary N) is 2. The number of ether oxygens (including phenoxy) is 1. The number of carbonyl (C=O) groups is 2. The molecule has 0 aliphatic heterocycles. The van der Waals surface area contributed by atoms with E-state index in [1.54, 1.807) is 44.4 Å². The Morgan fingerprint density at radius 1 is 1.00 bits per heavy atom. The van der Waals surface area contributed by atoms with Gasteiger partial charge < -0.3 is 10.1 Å². The maximum absolute atomic E-state index is 12.4. The molecule has 6 nitrogen and oxygen atoms in total. The van der Waals surface area contributed by atoms with Crippen LogP contribution in [0.2, 0.25) is 10.0 Å². The predicted octanol–water partition coefficient (Wildman–Crippen LogP) is 5.34. The first-order valence-corrected chi connectivity index (χ1v) is 10.4. The number of amides is 2. The smallest absolute Gasteiger partial charge is 0.272 e. The van der Waals surface area contributed by atoms with Crippen LogP contribution in [0.4, 0.5) is 5.69 Å². The molecule has 0 aliphatic rings. The lowest BCUT2D eigenvalue weighted by Gasteiger charge is -2.09. The van der Waals surface area contributed by atoms with E-state index in [0.717, 1.165) is 16.9 Å². The summed E-state index contributed by atoms with van der Waals surface area (Å²) in [6, 6.07) is 19.1. The van der Waals surface area contributed by atoms with E-state index in [-0.39, 0.29) is 22.9 Å². The average Bonchev–Trinajstić information content (AvgIpc) is 2.79. The van der Waals surface area contributed by atoms with E-state index in [4.69, 9.17) is 27.9 Å².